The third-order valence-electron chi connectivity index (χ3n) is 4.85. The molecule has 0 aliphatic heterocycles. The van der Waals surface area contributed by atoms with Crippen LogP contribution in [0.1, 0.15) is 17.5 Å². The number of ether oxygens (including phenoxy) is 3. The van der Waals surface area contributed by atoms with Gasteiger partial charge in [0.1, 0.15) is 11.5 Å². The molecule has 0 saturated carbocycles. The normalized spacial score (nSPS) is 11.5. The van der Waals surface area contributed by atoms with E-state index in [-0.39, 0.29) is 5.82 Å². The molecule has 1 N–H and O–H groups in total. The zero-order valence-corrected chi connectivity index (χ0v) is 19.5. The van der Waals surface area contributed by atoms with E-state index >= 15 is 0 Å². The molecule has 174 valence electrons. The van der Waals surface area contributed by atoms with E-state index in [0.717, 1.165) is 10.6 Å². The van der Waals surface area contributed by atoms with Crippen LogP contribution in [0.3, 0.4) is 0 Å². The molecule has 0 fully saturated rings. The lowest BCUT2D eigenvalue weighted by atomic mass is 10.2. The molecular weight excluding hydrogens is 456 g/mol. The van der Waals surface area contributed by atoms with Crippen LogP contribution in [-0.2, 0) is 9.53 Å². The monoisotopic (exact) mass is 478 g/mol. The van der Waals surface area contributed by atoms with E-state index < -0.39 is 18.0 Å². The molecule has 1 unspecified atom stereocenters. The first kappa shape index (κ1) is 23.0. The second kappa shape index (κ2) is 10.2. The Balaban J connectivity index is 1.53. The number of carbonyl (C=O) groups is 2. The number of para-hydroxylation sites is 1. The Morgan fingerprint density at radius 3 is 2.50 bits per heavy atom. The van der Waals surface area contributed by atoms with Crippen molar-refractivity contribution in [1.29, 1.82) is 0 Å². The lowest BCUT2D eigenvalue weighted by molar-refractivity contribution is -0.123. The highest BCUT2D eigenvalue weighted by atomic mass is 32.1. The summed E-state index contributed by atoms with van der Waals surface area (Å²) in [5.41, 5.74) is 1.13. The number of esters is 1. The van der Waals surface area contributed by atoms with Gasteiger partial charge in [0.25, 0.3) is 11.7 Å². The van der Waals surface area contributed by atoms with Crippen molar-refractivity contribution >= 4 is 28.9 Å². The van der Waals surface area contributed by atoms with Crippen molar-refractivity contribution in [3.8, 4) is 27.9 Å². The Bertz CT molecular complexity index is 1290. The van der Waals surface area contributed by atoms with Gasteiger partial charge in [-0.1, -0.05) is 24.3 Å². The molecule has 2 aromatic carbocycles. The number of anilines is 1. The Kier molecular flexibility index (Phi) is 6.88. The summed E-state index contributed by atoms with van der Waals surface area (Å²) in [6.07, 6.45) is -1.11. The van der Waals surface area contributed by atoms with Gasteiger partial charge in [-0.2, -0.15) is 4.98 Å². The Morgan fingerprint density at radius 2 is 1.82 bits per heavy atom. The number of methoxy groups -OCH3 is 2. The molecule has 2 heterocycles. The third kappa shape index (κ3) is 4.91. The Hall–Kier alpha value is -4.18. The molecule has 0 saturated heterocycles. The van der Waals surface area contributed by atoms with Crippen LogP contribution in [0, 0.1) is 0 Å². The van der Waals surface area contributed by atoms with Crippen LogP contribution in [0.2, 0.25) is 0 Å². The summed E-state index contributed by atoms with van der Waals surface area (Å²) in [5.74, 6) is -0.0140. The summed E-state index contributed by atoms with van der Waals surface area (Å²) >= 11 is 1.47. The van der Waals surface area contributed by atoms with Gasteiger partial charge in [0.05, 0.1) is 30.5 Å². The van der Waals surface area contributed by atoms with Crippen molar-refractivity contribution in [2.24, 2.45) is 0 Å². The highest BCUT2D eigenvalue weighted by molar-refractivity contribution is 7.13. The van der Waals surface area contributed by atoms with Crippen molar-refractivity contribution in [3.05, 3.63) is 71.9 Å². The van der Waals surface area contributed by atoms with Gasteiger partial charge in [0.15, 0.2) is 11.9 Å². The number of nitrogens with one attached hydrogen (secondary N) is 1. The number of thiophene rings is 1. The van der Waals surface area contributed by atoms with Crippen LogP contribution in [0.5, 0.6) is 11.5 Å². The van der Waals surface area contributed by atoms with Gasteiger partial charge in [-0.3, -0.25) is 4.79 Å². The van der Waals surface area contributed by atoms with Gasteiger partial charge in [0, 0.05) is 6.07 Å². The summed E-state index contributed by atoms with van der Waals surface area (Å²) in [4.78, 5) is 30.8. The van der Waals surface area contributed by atoms with Gasteiger partial charge in [-0.05, 0) is 42.6 Å². The molecule has 1 atom stereocenters. The predicted molar refractivity (Wildman–Crippen MR) is 128 cm³/mol. The number of hydrogen-bond donors (Lipinski definition) is 1. The summed E-state index contributed by atoms with van der Waals surface area (Å²) in [6.45, 7) is 1.47. The molecule has 1 amide bonds. The molecule has 4 aromatic rings. The third-order valence-corrected chi connectivity index (χ3v) is 5.72. The minimum absolute atomic E-state index is 0.147. The van der Waals surface area contributed by atoms with Gasteiger partial charge in [-0.15, -0.1) is 16.4 Å². The fourth-order valence-electron chi connectivity index (χ4n) is 3.13. The van der Waals surface area contributed by atoms with Crippen LogP contribution >= 0.6 is 11.3 Å². The lowest BCUT2D eigenvalue weighted by Gasteiger charge is -2.15. The molecule has 0 aliphatic carbocycles. The van der Waals surface area contributed by atoms with Gasteiger partial charge in [0.2, 0.25) is 0 Å². The highest BCUT2D eigenvalue weighted by Gasteiger charge is 2.25. The number of aromatic nitrogens is 3. The lowest BCUT2D eigenvalue weighted by Crippen LogP contribution is -2.30. The maximum Gasteiger partial charge on any atom is 0.379 e. The fourth-order valence-corrected chi connectivity index (χ4v) is 3.82. The number of benzene rings is 2. The van der Waals surface area contributed by atoms with Gasteiger partial charge in [-0.25, -0.2) is 9.48 Å². The highest BCUT2D eigenvalue weighted by Crippen LogP contribution is 2.29. The quantitative estimate of drug-likeness (QED) is 0.379. The van der Waals surface area contributed by atoms with Crippen molar-refractivity contribution in [1.82, 2.24) is 14.8 Å². The smallest absolute Gasteiger partial charge is 0.379 e. The number of hydrogen-bond acceptors (Lipinski definition) is 8. The minimum atomic E-state index is -1.11. The number of nitrogens with zero attached hydrogens (tertiary/aromatic N) is 3. The fraction of sp³-hybridized carbons (Fsp3) is 0.167. The summed E-state index contributed by atoms with van der Waals surface area (Å²) in [7, 11) is 3.00. The topological polar surface area (TPSA) is 105 Å². The molecule has 34 heavy (non-hydrogen) atoms. The molecular formula is C24H22N4O5S. The zero-order chi connectivity index (χ0) is 24.1. The summed E-state index contributed by atoms with van der Waals surface area (Å²) in [6, 6.07) is 18.1. The maximum atomic E-state index is 12.8. The van der Waals surface area contributed by atoms with E-state index in [4.69, 9.17) is 14.2 Å². The van der Waals surface area contributed by atoms with Crippen molar-refractivity contribution < 1.29 is 23.8 Å². The van der Waals surface area contributed by atoms with Crippen LogP contribution in [0.25, 0.3) is 16.4 Å². The van der Waals surface area contributed by atoms with E-state index in [2.05, 4.69) is 15.4 Å². The molecule has 0 radical (unpaired) electrons. The first-order chi connectivity index (χ1) is 16.5. The molecule has 0 bridgehead atoms. The predicted octanol–water partition coefficient (Wildman–Crippen LogP) is 4.20. The molecule has 4 rings (SSSR count). The second-order valence-corrected chi connectivity index (χ2v) is 8.03. The molecule has 2 aromatic heterocycles. The van der Waals surface area contributed by atoms with E-state index in [0.29, 0.717) is 23.0 Å². The second-order valence-electron chi connectivity index (χ2n) is 7.09. The largest absolute Gasteiger partial charge is 0.497 e. The first-order valence-corrected chi connectivity index (χ1v) is 11.2. The van der Waals surface area contributed by atoms with Crippen LogP contribution in [-0.4, -0.2) is 47.0 Å². The van der Waals surface area contributed by atoms with E-state index in [9.17, 15) is 9.59 Å². The summed E-state index contributed by atoms with van der Waals surface area (Å²) < 4.78 is 17.4. The Morgan fingerprint density at radius 1 is 1.03 bits per heavy atom. The van der Waals surface area contributed by atoms with E-state index in [1.165, 1.54) is 32.5 Å². The maximum absolute atomic E-state index is 12.8. The molecule has 10 heteroatoms. The molecule has 9 nitrogen and oxygen atoms in total. The van der Waals surface area contributed by atoms with Crippen LogP contribution in [0.4, 0.5) is 5.69 Å². The standard InChI is InChI=1S/C24H22N4O5S/c1-15(23(29)25-18-14-17(31-2)11-12-19(18)32-3)33-24(30)21-26-22(20-10-7-13-34-20)28(27-21)16-8-5-4-6-9-16/h4-15H,1-3H3,(H,25,29). The molecule has 0 spiro atoms. The molecule has 0 aliphatic rings. The van der Waals surface area contributed by atoms with Crippen LogP contribution < -0.4 is 14.8 Å². The van der Waals surface area contributed by atoms with E-state index in [1.807, 2.05) is 47.8 Å². The SMILES string of the molecule is COc1ccc(OC)c(NC(=O)C(C)OC(=O)c2nc(-c3cccs3)n(-c3ccccc3)n2)c1. The van der Waals surface area contributed by atoms with Crippen molar-refractivity contribution in [3.63, 3.8) is 0 Å². The number of carbonyl (C=O) groups excluding carboxylic acids is 2. The average molecular weight is 479 g/mol. The number of amides is 1. The zero-order valence-electron chi connectivity index (χ0n) is 18.7. The van der Waals surface area contributed by atoms with Crippen molar-refractivity contribution in [2.45, 2.75) is 13.0 Å². The van der Waals surface area contributed by atoms with Gasteiger partial charge < -0.3 is 19.5 Å². The average Bonchev–Trinajstić information content (AvgIpc) is 3.54. The van der Waals surface area contributed by atoms with Crippen LogP contribution in [0.15, 0.2) is 66.0 Å². The summed E-state index contributed by atoms with van der Waals surface area (Å²) in [5, 5.41) is 8.96. The first-order valence-electron chi connectivity index (χ1n) is 10.3. The van der Waals surface area contributed by atoms with E-state index in [1.54, 1.807) is 22.9 Å². The minimum Gasteiger partial charge on any atom is -0.497 e. The van der Waals surface area contributed by atoms with Gasteiger partial charge >= 0.3 is 5.97 Å². The number of rotatable bonds is 8. The Labute approximate surface area is 199 Å². The van der Waals surface area contributed by atoms with Crippen molar-refractivity contribution in [2.75, 3.05) is 19.5 Å².